The highest BCUT2D eigenvalue weighted by Crippen LogP contribution is 2.24. The smallest absolute Gasteiger partial charge is 0.417 e. The molecular weight excluding hydrogens is 170 g/mol. The molecule has 0 aliphatic carbocycles. The van der Waals surface area contributed by atoms with Crippen molar-refractivity contribution in [2.75, 3.05) is 7.11 Å². The first-order valence-corrected chi connectivity index (χ1v) is 3.88. The van der Waals surface area contributed by atoms with Crippen LogP contribution in [-0.4, -0.2) is 12.1 Å². The molecule has 1 heterocycles. The van der Waals surface area contributed by atoms with Crippen LogP contribution in [0.15, 0.2) is 21.3 Å². The van der Waals surface area contributed by atoms with Gasteiger partial charge in [-0.05, 0) is 24.6 Å². The molecule has 0 radical (unpaired) electrons. The third kappa shape index (κ3) is 1.20. The van der Waals surface area contributed by atoms with Crippen LogP contribution in [0.4, 0.5) is 0 Å². The van der Waals surface area contributed by atoms with Gasteiger partial charge in [-0.25, -0.2) is 4.79 Å². The first kappa shape index (κ1) is 7.91. The summed E-state index contributed by atoms with van der Waals surface area (Å²) in [6, 6.07) is 3.65. The number of hydrogen-bond acceptors (Lipinski definition) is 3. The van der Waals surface area contributed by atoms with Crippen LogP contribution in [0.2, 0.25) is 0 Å². The summed E-state index contributed by atoms with van der Waals surface area (Å²) in [5, 5.41) is 0. The summed E-state index contributed by atoms with van der Waals surface area (Å²) in [6.07, 6.45) is 0. The van der Waals surface area contributed by atoms with Gasteiger partial charge in [0.25, 0.3) is 0 Å². The fraction of sp³-hybridized carbons (Fsp3) is 0.222. The van der Waals surface area contributed by atoms with Gasteiger partial charge in [0.15, 0.2) is 11.3 Å². The van der Waals surface area contributed by atoms with Gasteiger partial charge in [-0.2, -0.15) is 0 Å². The molecule has 0 bridgehead atoms. The summed E-state index contributed by atoms with van der Waals surface area (Å²) in [4.78, 5) is 13.5. The number of fused-ring (bicyclic) bond motifs is 1. The quantitative estimate of drug-likeness (QED) is 0.720. The monoisotopic (exact) mass is 179 g/mol. The summed E-state index contributed by atoms with van der Waals surface area (Å²) in [5.41, 5.74) is 2.15. The predicted octanol–water partition coefficient (Wildman–Crippen LogP) is 1.44. The molecule has 1 aromatic carbocycles. The number of oxazole rings is 1. The van der Waals surface area contributed by atoms with Crippen molar-refractivity contribution in [3.63, 3.8) is 0 Å². The van der Waals surface area contributed by atoms with E-state index in [9.17, 15) is 4.79 Å². The van der Waals surface area contributed by atoms with Crippen LogP contribution in [0.25, 0.3) is 11.1 Å². The Hall–Kier alpha value is -1.71. The van der Waals surface area contributed by atoms with E-state index in [1.54, 1.807) is 7.11 Å². The second kappa shape index (κ2) is 2.65. The number of hydrogen-bond donors (Lipinski definition) is 1. The number of aromatic amines is 1. The van der Waals surface area contributed by atoms with Crippen LogP contribution in [0.5, 0.6) is 5.75 Å². The van der Waals surface area contributed by atoms with Crippen LogP contribution < -0.4 is 10.5 Å². The van der Waals surface area contributed by atoms with Crippen molar-refractivity contribution in [1.29, 1.82) is 0 Å². The summed E-state index contributed by atoms with van der Waals surface area (Å²) in [6.45, 7) is 1.92. The van der Waals surface area contributed by atoms with Crippen LogP contribution in [-0.2, 0) is 0 Å². The standard InChI is InChI=1S/C9H9NO3/c1-5-3-6-8(7(4-5)12-2)13-9(11)10-6/h3-4H,1-2H3,(H,10,11). The summed E-state index contributed by atoms with van der Waals surface area (Å²) in [7, 11) is 1.54. The van der Waals surface area contributed by atoms with Crippen molar-refractivity contribution in [2.45, 2.75) is 6.92 Å². The van der Waals surface area contributed by atoms with Gasteiger partial charge in [0.05, 0.1) is 12.6 Å². The molecule has 0 atom stereocenters. The largest absolute Gasteiger partial charge is 0.493 e. The van der Waals surface area contributed by atoms with E-state index >= 15 is 0 Å². The number of methoxy groups -OCH3 is 1. The van der Waals surface area contributed by atoms with E-state index in [-0.39, 0.29) is 0 Å². The zero-order valence-electron chi connectivity index (χ0n) is 7.38. The average Bonchev–Trinajstić information content (AvgIpc) is 2.43. The number of benzene rings is 1. The molecule has 0 fully saturated rings. The van der Waals surface area contributed by atoms with Crippen molar-refractivity contribution in [2.24, 2.45) is 0 Å². The van der Waals surface area contributed by atoms with Crippen molar-refractivity contribution < 1.29 is 9.15 Å². The number of rotatable bonds is 1. The van der Waals surface area contributed by atoms with Gasteiger partial charge >= 0.3 is 5.76 Å². The maximum absolute atomic E-state index is 10.9. The molecule has 13 heavy (non-hydrogen) atoms. The van der Waals surface area contributed by atoms with Gasteiger partial charge in [0.1, 0.15) is 0 Å². The number of aryl methyl sites for hydroxylation is 1. The van der Waals surface area contributed by atoms with Crippen molar-refractivity contribution in [3.05, 3.63) is 28.2 Å². The highest BCUT2D eigenvalue weighted by Gasteiger charge is 2.07. The molecule has 0 aliphatic heterocycles. The lowest BCUT2D eigenvalue weighted by Crippen LogP contribution is -1.92. The van der Waals surface area contributed by atoms with E-state index in [2.05, 4.69) is 4.98 Å². The van der Waals surface area contributed by atoms with E-state index in [0.29, 0.717) is 16.8 Å². The maximum atomic E-state index is 10.9. The van der Waals surface area contributed by atoms with E-state index < -0.39 is 5.76 Å². The Labute approximate surface area is 74.1 Å². The fourth-order valence-electron chi connectivity index (χ4n) is 1.32. The van der Waals surface area contributed by atoms with Crippen LogP contribution in [0, 0.1) is 6.92 Å². The van der Waals surface area contributed by atoms with Crippen molar-refractivity contribution >= 4 is 11.1 Å². The molecule has 0 amide bonds. The lowest BCUT2D eigenvalue weighted by atomic mass is 10.2. The Balaban J connectivity index is 2.88. The Bertz CT molecular complexity index is 495. The second-order valence-corrected chi connectivity index (χ2v) is 2.86. The molecule has 4 nitrogen and oxygen atoms in total. The third-order valence-corrected chi connectivity index (χ3v) is 1.85. The lowest BCUT2D eigenvalue weighted by Gasteiger charge is -2.00. The topological polar surface area (TPSA) is 55.2 Å². The molecule has 2 aromatic rings. The van der Waals surface area contributed by atoms with Crippen molar-refractivity contribution in [1.82, 2.24) is 4.98 Å². The predicted molar refractivity (Wildman–Crippen MR) is 48.1 cm³/mol. The SMILES string of the molecule is COc1cc(C)cc2[nH]c(=O)oc12. The molecule has 0 spiro atoms. The lowest BCUT2D eigenvalue weighted by molar-refractivity contribution is 0.407. The third-order valence-electron chi connectivity index (χ3n) is 1.85. The zero-order chi connectivity index (χ0) is 9.42. The van der Waals surface area contributed by atoms with Gasteiger partial charge in [-0.1, -0.05) is 0 Å². The van der Waals surface area contributed by atoms with E-state index in [4.69, 9.17) is 9.15 Å². The maximum Gasteiger partial charge on any atom is 0.417 e. The highest BCUT2D eigenvalue weighted by atomic mass is 16.5. The first-order chi connectivity index (χ1) is 6.20. The molecule has 0 unspecified atom stereocenters. The normalized spacial score (nSPS) is 10.6. The number of H-pyrrole nitrogens is 1. The van der Waals surface area contributed by atoms with Gasteiger partial charge < -0.3 is 9.15 Å². The average molecular weight is 179 g/mol. The Morgan fingerprint density at radius 3 is 2.92 bits per heavy atom. The van der Waals surface area contributed by atoms with Crippen LogP contribution >= 0.6 is 0 Å². The summed E-state index contributed by atoms with van der Waals surface area (Å²) >= 11 is 0. The second-order valence-electron chi connectivity index (χ2n) is 2.86. The minimum absolute atomic E-state index is 0.459. The van der Waals surface area contributed by atoms with Crippen LogP contribution in [0.3, 0.4) is 0 Å². The van der Waals surface area contributed by atoms with Gasteiger partial charge in [-0.15, -0.1) is 0 Å². The Morgan fingerprint density at radius 1 is 1.46 bits per heavy atom. The molecule has 0 aliphatic rings. The van der Waals surface area contributed by atoms with Crippen molar-refractivity contribution in [3.8, 4) is 5.75 Å². The number of nitrogens with one attached hydrogen (secondary N) is 1. The number of ether oxygens (including phenoxy) is 1. The minimum atomic E-state index is -0.459. The van der Waals surface area contributed by atoms with Gasteiger partial charge in [-0.3, -0.25) is 4.98 Å². The summed E-state index contributed by atoms with van der Waals surface area (Å²) < 4.78 is 9.98. The molecule has 68 valence electrons. The Kier molecular flexibility index (Phi) is 1.62. The van der Waals surface area contributed by atoms with Gasteiger partial charge in [0.2, 0.25) is 0 Å². The van der Waals surface area contributed by atoms with Crippen LogP contribution in [0.1, 0.15) is 5.56 Å². The highest BCUT2D eigenvalue weighted by molar-refractivity contribution is 5.79. The van der Waals surface area contributed by atoms with Gasteiger partial charge in [0, 0.05) is 0 Å². The molecule has 1 aromatic heterocycles. The zero-order valence-corrected chi connectivity index (χ0v) is 7.38. The minimum Gasteiger partial charge on any atom is -0.493 e. The Morgan fingerprint density at radius 2 is 2.23 bits per heavy atom. The molecule has 0 saturated heterocycles. The molecule has 0 saturated carbocycles. The van der Waals surface area contributed by atoms with E-state index in [1.807, 2.05) is 19.1 Å². The fourth-order valence-corrected chi connectivity index (χ4v) is 1.32. The van der Waals surface area contributed by atoms with E-state index in [1.165, 1.54) is 0 Å². The first-order valence-electron chi connectivity index (χ1n) is 3.88. The molecular formula is C9H9NO3. The molecule has 2 rings (SSSR count). The number of aromatic nitrogens is 1. The molecule has 4 heteroatoms. The molecule has 1 N–H and O–H groups in total. The summed E-state index contributed by atoms with van der Waals surface area (Å²) in [5.74, 6) is 0.118. The van der Waals surface area contributed by atoms with E-state index in [0.717, 1.165) is 5.56 Å².